The molecule has 28 heavy (non-hydrogen) atoms. The van der Waals surface area contributed by atoms with Crippen molar-refractivity contribution in [2.75, 3.05) is 13.1 Å². The molecule has 0 spiro atoms. The van der Waals surface area contributed by atoms with Gasteiger partial charge in [0, 0.05) is 19.5 Å². The molecule has 0 aromatic carbocycles. The molecule has 0 amide bonds. The molecule has 0 saturated carbocycles. The number of amidine groups is 1. The lowest BCUT2D eigenvalue weighted by molar-refractivity contribution is 0.157. The van der Waals surface area contributed by atoms with Gasteiger partial charge < -0.3 is 10.0 Å². The lowest BCUT2D eigenvalue weighted by atomic mass is 10.0. The molecule has 0 fully saturated rings. The summed E-state index contributed by atoms with van der Waals surface area (Å²) in [5.74, 6) is 1.22. The topological polar surface area (TPSA) is 35.8 Å². The Morgan fingerprint density at radius 3 is 1.68 bits per heavy atom. The van der Waals surface area contributed by atoms with Gasteiger partial charge in [0.1, 0.15) is 0 Å². The van der Waals surface area contributed by atoms with Crippen LogP contribution in [-0.4, -0.2) is 40.6 Å². The normalized spacial score (nSPS) is 17.2. The van der Waals surface area contributed by atoms with Crippen LogP contribution in [0.25, 0.3) is 0 Å². The summed E-state index contributed by atoms with van der Waals surface area (Å²) in [5, 5.41) is 9.71. The predicted molar refractivity (Wildman–Crippen MR) is 124 cm³/mol. The first-order valence-corrected chi connectivity index (χ1v) is 12.5. The van der Waals surface area contributed by atoms with E-state index in [1.54, 1.807) is 0 Å². The Bertz CT molecular complexity index is 403. The summed E-state index contributed by atoms with van der Waals surface area (Å²) in [6, 6.07) is 0. The Hall–Kier alpha value is -0.570. The number of aliphatic hydroxyl groups excluding tert-OH is 1. The van der Waals surface area contributed by atoms with Crippen molar-refractivity contribution in [1.82, 2.24) is 4.90 Å². The Morgan fingerprint density at radius 1 is 0.821 bits per heavy atom. The van der Waals surface area contributed by atoms with Gasteiger partial charge in [0.2, 0.25) is 0 Å². The average molecular weight is 395 g/mol. The first-order chi connectivity index (χ1) is 13.4. The highest BCUT2D eigenvalue weighted by Crippen LogP contribution is 2.23. The molecule has 0 aromatic heterocycles. The van der Waals surface area contributed by atoms with Crippen LogP contribution >= 0.6 is 0 Å². The van der Waals surface area contributed by atoms with Crippen molar-refractivity contribution in [3.63, 3.8) is 0 Å². The largest absolute Gasteiger partial charge is 0.392 e. The van der Waals surface area contributed by atoms with Crippen LogP contribution in [0, 0.1) is 0 Å². The van der Waals surface area contributed by atoms with Gasteiger partial charge in [-0.15, -0.1) is 0 Å². The van der Waals surface area contributed by atoms with Crippen molar-refractivity contribution in [3.05, 3.63) is 0 Å². The van der Waals surface area contributed by atoms with Crippen LogP contribution in [0.5, 0.6) is 0 Å². The van der Waals surface area contributed by atoms with E-state index in [1.807, 2.05) is 6.92 Å². The molecule has 0 radical (unpaired) electrons. The third-order valence-electron chi connectivity index (χ3n) is 5.86. The zero-order valence-corrected chi connectivity index (χ0v) is 19.6. The number of nitrogens with zero attached hydrogens (tertiary/aromatic N) is 2. The molecule has 0 bridgehead atoms. The highest BCUT2D eigenvalue weighted by Gasteiger charge is 2.30. The van der Waals surface area contributed by atoms with E-state index in [2.05, 4.69) is 25.7 Å². The maximum Gasteiger partial charge on any atom is 0.0998 e. The molecule has 3 heteroatoms. The third-order valence-corrected chi connectivity index (χ3v) is 5.86. The van der Waals surface area contributed by atoms with Gasteiger partial charge in [-0.1, -0.05) is 96.8 Å². The van der Waals surface area contributed by atoms with E-state index in [-0.39, 0.29) is 11.6 Å². The third kappa shape index (κ3) is 12.8. The van der Waals surface area contributed by atoms with Gasteiger partial charge in [0.25, 0.3) is 0 Å². The van der Waals surface area contributed by atoms with Crippen LogP contribution in [0.4, 0.5) is 0 Å². The molecule has 0 aliphatic carbocycles. The van der Waals surface area contributed by atoms with Crippen LogP contribution in [0.1, 0.15) is 130 Å². The average Bonchev–Trinajstić information content (AvgIpc) is 2.91. The van der Waals surface area contributed by atoms with Gasteiger partial charge in [-0.25, -0.2) is 0 Å². The number of unbranched alkanes of at least 4 members (excludes halogenated alkanes) is 14. The molecule has 1 rings (SSSR count). The van der Waals surface area contributed by atoms with Crippen molar-refractivity contribution in [2.45, 2.75) is 142 Å². The highest BCUT2D eigenvalue weighted by molar-refractivity contribution is 5.84. The van der Waals surface area contributed by atoms with E-state index in [1.165, 1.54) is 102 Å². The molecule has 0 aromatic rings. The second-order valence-corrected chi connectivity index (χ2v) is 9.77. The van der Waals surface area contributed by atoms with Crippen LogP contribution in [0.3, 0.4) is 0 Å². The minimum absolute atomic E-state index is 0.0136. The lowest BCUT2D eigenvalue weighted by Gasteiger charge is -2.24. The fraction of sp³-hybridized carbons (Fsp3) is 0.960. The molecule has 1 heterocycles. The summed E-state index contributed by atoms with van der Waals surface area (Å²) in [6.07, 6.45) is 21.9. The molecule has 1 aliphatic rings. The molecule has 3 nitrogen and oxygen atoms in total. The van der Waals surface area contributed by atoms with Gasteiger partial charge in [0.15, 0.2) is 0 Å². The quantitative estimate of drug-likeness (QED) is 0.251. The van der Waals surface area contributed by atoms with Crippen molar-refractivity contribution < 1.29 is 5.11 Å². The molecular formula is C25H50N2O. The predicted octanol–water partition coefficient (Wildman–Crippen LogP) is 7.12. The fourth-order valence-electron chi connectivity index (χ4n) is 4.37. The molecule has 0 saturated heterocycles. The standard InChI is InChI=1S/C25H50N2O/c1-5-6-7-8-9-10-11-12-13-14-15-16-17-18-19-20-24-26-25(3,4)22-27(24)21-23(2)28/h23,28H,5-22H2,1-4H3. The van der Waals surface area contributed by atoms with E-state index in [0.29, 0.717) is 0 Å². The van der Waals surface area contributed by atoms with Crippen LogP contribution in [0.15, 0.2) is 4.99 Å². The van der Waals surface area contributed by atoms with Crippen LogP contribution < -0.4 is 0 Å². The van der Waals surface area contributed by atoms with Gasteiger partial charge in [-0.3, -0.25) is 4.99 Å². The number of rotatable bonds is 18. The molecule has 166 valence electrons. The summed E-state index contributed by atoms with van der Waals surface area (Å²) >= 11 is 0. The van der Waals surface area contributed by atoms with E-state index < -0.39 is 0 Å². The first-order valence-electron chi connectivity index (χ1n) is 12.5. The summed E-state index contributed by atoms with van der Waals surface area (Å²) in [4.78, 5) is 7.19. The lowest BCUT2D eigenvalue weighted by Crippen LogP contribution is -2.37. The molecule has 1 aliphatic heterocycles. The summed E-state index contributed by atoms with van der Waals surface area (Å²) in [7, 11) is 0. The van der Waals surface area contributed by atoms with E-state index >= 15 is 0 Å². The van der Waals surface area contributed by atoms with Gasteiger partial charge in [-0.2, -0.15) is 0 Å². The zero-order valence-electron chi connectivity index (χ0n) is 19.6. The van der Waals surface area contributed by atoms with Crippen molar-refractivity contribution in [1.29, 1.82) is 0 Å². The highest BCUT2D eigenvalue weighted by atomic mass is 16.3. The van der Waals surface area contributed by atoms with Gasteiger partial charge in [0.05, 0.1) is 17.5 Å². The number of hydrogen-bond acceptors (Lipinski definition) is 3. The maximum absolute atomic E-state index is 9.71. The van der Waals surface area contributed by atoms with Crippen molar-refractivity contribution in [3.8, 4) is 0 Å². The fourth-order valence-corrected chi connectivity index (χ4v) is 4.37. The number of hydrogen-bond donors (Lipinski definition) is 1. The Morgan fingerprint density at radius 2 is 1.25 bits per heavy atom. The minimum Gasteiger partial charge on any atom is -0.392 e. The summed E-state index contributed by atoms with van der Waals surface area (Å²) in [5.41, 5.74) is 0.0136. The smallest absolute Gasteiger partial charge is 0.0998 e. The summed E-state index contributed by atoms with van der Waals surface area (Å²) < 4.78 is 0. The maximum atomic E-state index is 9.71. The minimum atomic E-state index is -0.278. The first kappa shape index (κ1) is 25.5. The Kier molecular flexibility index (Phi) is 13.9. The molecule has 1 N–H and O–H groups in total. The monoisotopic (exact) mass is 394 g/mol. The molecular weight excluding hydrogens is 344 g/mol. The Labute approximate surface area is 176 Å². The second kappa shape index (κ2) is 15.3. The van der Waals surface area contributed by atoms with Gasteiger partial charge in [-0.05, 0) is 27.2 Å². The SMILES string of the molecule is CCCCCCCCCCCCCCCCCC1=NC(C)(C)CN1CC(C)O. The van der Waals surface area contributed by atoms with E-state index in [9.17, 15) is 5.11 Å². The van der Waals surface area contributed by atoms with Crippen molar-refractivity contribution in [2.24, 2.45) is 4.99 Å². The van der Waals surface area contributed by atoms with Crippen LogP contribution in [0.2, 0.25) is 0 Å². The van der Waals surface area contributed by atoms with Crippen LogP contribution in [-0.2, 0) is 0 Å². The number of aliphatic hydroxyl groups is 1. The Balaban J connectivity index is 1.92. The molecule has 1 atom stereocenters. The zero-order chi connectivity index (χ0) is 20.7. The number of aliphatic imine (C=N–C) groups is 1. The van der Waals surface area contributed by atoms with E-state index in [4.69, 9.17) is 4.99 Å². The van der Waals surface area contributed by atoms with E-state index in [0.717, 1.165) is 19.5 Å². The number of β-amino-alcohol motifs (C(OH)–C–C–N with tert-alkyl or cyclic N) is 1. The van der Waals surface area contributed by atoms with Crippen molar-refractivity contribution >= 4 is 5.84 Å². The summed E-state index contributed by atoms with van der Waals surface area (Å²) in [6.45, 7) is 10.2. The van der Waals surface area contributed by atoms with Gasteiger partial charge >= 0.3 is 0 Å². The molecule has 1 unspecified atom stereocenters. The second-order valence-electron chi connectivity index (χ2n) is 9.77.